The largest absolute Gasteiger partial charge is 0.367 e. The van der Waals surface area contributed by atoms with E-state index in [-0.39, 0.29) is 11.2 Å². The highest BCUT2D eigenvalue weighted by atomic mass is 16.5. The van der Waals surface area contributed by atoms with E-state index in [1.165, 1.54) is 6.42 Å². The summed E-state index contributed by atoms with van der Waals surface area (Å²) >= 11 is 0. The van der Waals surface area contributed by atoms with Gasteiger partial charge < -0.3 is 10.1 Å². The van der Waals surface area contributed by atoms with Gasteiger partial charge in [-0.05, 0) is 46.6 Å². The average Bonchev–Trinajstić information content (AvgIpc) is 2.19. The zero-order chi connectivity index (χ0) is 14.7. The molecule has 19 heavy (non-hydrogen) atoms. The summed E-state index contributed by atoms with van der Waals surface area (Å²) in [6, 6.07) is 0.612. The topological polar surface area (TPSA) is 24.5 Å². The third-order valence-electron chi connectivity index (χ3n) is 3.64. The Balaban J connectivity index is 2.59. The smallest absolute Gasteiger partial charge is 0.0760 e. The van der Waals surface area contributed by atoms with Crippen LogP contribution in [0.25, 0.3) is 0 Å². The number of ether oxygens (including phenoxy) is 1. The average molecular weight is 270 g/mol. The van der Waals surface area contributed by atoms with Gasteiger partial charge in [0.25, 0.3) is 0 Å². The Morgan fingerprint density at radius 2 is 1.58 bits per heavy atom. The van der Waals surface area contributed by atoms with Crippen molar-refractivity contribution in [1.82, 2.24) is 10.2 Å². The van der Waals surface area contributed by atoms with E-state index in [1.807, 2.05) is 0 Å². The minimum absolute atomic E-state index is 0.0484. The summed E-state index contributed by atoms with van der Waals surface area (Å²) in [4.78, 5) is 2.61. The Morgan fingerprint density at radius 1 is 1.05 bits per heavy atom. The Morgan fingerprint density at radius 3 is 2.00 bits per heavy atom. The molecule has 0 radical (unpaired) electrons. The molecule has 0 aliphatic carbocycles. The fraction of sp³-hybridized carbons (Fsp3) is 1.00. The number of morpholine rings is 1. The maximum atomic E-state index is 6.17. The highest BCUT2D eigenvalue weighted by Crippen LogP contribution is 2.29. The lowest BCUT2D eigenvalue weighted by molar-refractivity contribution is -0.187. The number of hydrogen-bond donors (Lipinski definition) is 1. The molecule has 0 bridgehead atoms. The summed E-state index contributed by atoms with van der Waals surface area (Å²) in [7, 11) is 0. The second kappa shape index (κ2) is 6.55. The van der Waals surface area contributed by atoms with E-state index in [1.54, 1.807) is 0 Å². The Labute approximate surface area is 120 Å². The van der Waals surface area contributed by atoms with Crippen LogP contribution in [0.2, 0.25) is 0 Å². The molecule has 1 aliphatic heterocycles. The highest BCUT2D eigenvalue weighted by Gasteiger charge is 2.39. The van der Waals surface area contributed by atoms with Crippen LogP contribution in [0.15, 0.2) is 0 Å². The first kappa shape index (κ1) is 16.9. The fourth-order valence-electron chi connectivity index (χ4n) is 3.18. The molecule has 1 saturated heterocycles. The van der Waals surface area contributed by atoms with Crippen LogP contribution in [0.4, 0.5) is 0 Å². The van der Waals surface area contributed by atoms with Crippen molar-refractivity contribution < 1.29 is 4.74 Å². The summed E-state index contributed by atoms with van der Waals surface area (Å²) in [6.07, 6.45) is 1.19. The van der Waals surface area contributed by atoms with Crippen LogP contribution in [0, 0.1) is 5.92 Å². The molecule has 1 heterocycles. The van der Waals surface area contributed by atoms with Crippen LogP contribution in [0.1, 0.15) is 54.9 Å². The lowest BCUT2D eigenvalue weighted by Gasteiger charge is -2.49. The number of nitrogens with one attached hydrogen (secondary N) is 1. The third kappa shape index (κ3) is 5.80. The van der Waals surface area contributed by atoms with Gasteiger partial charge in [-0.15, -0.1) is 0 Å². The summed E-state index contributed by atoms with van der Waals surface area (Å²) in [5, 5.41) is 3.61. The van der Waals surface area contributed by atoms with Gasteiger partial charge in [-0.2, -0.15) is 0 Å². The van der Waals surface area contributed by atoms with Crippen molar-refractivity contribution in [1.29, 1.82) is 0 Å². The summed E-state index contributed by atoms with van der Waals surface area (Å²) in [5.41, 5.74) is -0.0968. The lowest BCUT2D eigenvalue weighted by atomic mass is 9.96. The molecule has 1 rings (SSSR count). The van der Waals surface area contributed by atoms with E-state index in [4.69, 9.17) is 4.74 Å². The van der Waals surface area contributed by atoms with Gasteiger partial charge in [-0.25, -0.2) is 0 Å². The minimum atomic E-state index is -0.0484. The molecule has 0 saturated carbocycles. The van der Waals surface area contributed by atoms with Gasteiger partial charge in [0.2, 0.25) is 0 Å². The molecule has 0 aromatic carbocycles. The molecule has 1 atom stereocenters. The Hall–Kier alpha value is -0.120. The van der Waals surface area contributed by atoms with Gasteiger partial charge >= 0.3 is 0 Å². The fourth-order valence-corrected chi connectivity index (χ4v) is 3.18. The van der Waals surface area contributed by atoms with E-state index in [2.05, 4.69) is 58.7 Å². The predicted octanol–water partition coefficient (Wildman–Crippen LogP) is 2.90. The van der Waals surface area contributed by atoms with Crippen molar-refractivity contribution >= 4 is 0 Å². The molecule has 1 aliphatic rings. The van der Waals surface area contributed by atoms with Crippen molar-refractivity contribution in [3.8, 4) is 0 Å². The number of rotatable bonds is 6. The quantitative estimate of drug-likeness (QED) is 0.803. The van der Waals surface area contributed by atoms with Crippen LogP contribution in [-0.2, 0) is 4.74 Å². The van der Waals surface area contributed by atoms with Crippen LogP contribution in [0.5, 0.6) is 0 Å². The number of nitrogens with zero attached hydrogens (tertiary/aromatic N) is 1. The summed E-state index contributed by atoms with van der Waals surface area (Å²) in [6.45, 7) is 19.9. The van der Waals surface area contributed by atoms with E-state index in [0.717, 1.165) is 32.1 Å². The van der Waals surface area contributed by atoms with Crippen LogP contribution >= 0.6 is 0 Å². The highest BCUT2D eigenvalue weighted by molar-refractivity contribution is 4.92. The van der Waals surface area contributed by atoms with Crippen molar-refractivity contribution in [3.63, 3.8) is 0 Å². The van der Waals surface area contributed by atoms with Crippen molar-refractivity contribution in [3.05, 3.63) is 0 Å². The maximum absolute atomic E-state index is 6.17. The van der Waals surface area contributed by atoms with Gasteiger partial charge in [0.15, 0.2) is 0 Å². The van der Waals surface area contributed by atoms with Crippen molar-refractivity contribution in [2.75, 3.05) is 26.2 Å². The molecule has 1 N–H and O–H groups in total. The molecular formula is C16H34N2O. The molecule has 0 amide bonds. The van der Waals surface area contributed by atoms with E-state index >= 15 is 0 Å². The van der Waals surface area contributed by atoms with Gasteiger partial charge in [-0.3, -0.25) is 4.90 Å². The molecule has 1 fully saturated rings. The molecule has 114 valence electrons. The Bertz CT molecular complexity index is 258. The first-order chi connectivity index (χ1) is 8.65. The second-order valence-electron chi connectivity index (χ2n) is 7.64. The number of hydrogen-bond acceptors (Lipinski definition) is 3. The predicted molar refractivity (Wildman–Crippen MR) is 82.6 cm³/mol. The zero-order valence-electron chi connectivity index (χ0n) is 14.0. The SMILES string of the molecule is CCC(CNCC(C)C)N1CC(C)(C)OC(C)(C)C1. The molecule has 0 spiro atoms. The van der Waals surface area contributed by atoms with Crippen LogP contribution < -0.4 is 5.32 Å². The Kier molecular flexibility index (Phi) is 5.84. The van der Waals surface area contributed by atoms with E-state index in [0.29, 0.717) is 6.04 Å². The van der Waals surface area contributed by atoms with Crippen molar-refractivity contribution in [2.45, 2.75) is 72.1 Å². The summed E-state index contributed by atoms with van der Waals surface area (Å²) < 4.78 is 6.17. The van der Waals surface area contributed by atoms with Gasteiger partial charge in [0.1, 0.15) is 0 Å². The normalized spacial score (nSPS) is 24.6. The maximum Gasteiger partial charge on any atom is 0.0760 e. The zero-order valence-corrected chi connectivity index (χ0v) is 14.0. The monoisotopic (exact) mass is 270 g/mol. The van der Waals surface area contributed by atoms with Gasteiger partial charge in [0.05, 0.1) is 11.2 Å². The minimum Gasteiger partial charge on any atom is -0.367 e. The standard InChI is InChI=1S/C16H34N2O/c1-8-14(10-17-9-13(2)3)18-11-15(4,5)19-16(6,7)12-18/h13-14,17H,8-12H2,1-7H3. The molecule has 1 unspecified atom stereocenters. The van der Waals surface area contributed by atoms with E-state index < -0.39 is 0 Å². The van der Waals surface area contributed by atoms with Crippen LogP contribution in [-0.4, -0.2) is 48.3 Å². The second-order valence-corrected chi connectivity index (χ2v) is 7.64. The van der Waals surface area contributed by atoms with E-state index in [9.17, 15) is 0 Å². The van der Waals surface area contributed by atoms with Crippen LogP contribution in [0.3, 0.4) is 0 Å². The third-order valence-corrected chi connectivity index (χ3v) is 3.64. The van der Waals surface area contributed by atoms with Crippen molar-refractivity contribution in [2.24, 2.45) is 5.92 Å². The molecule has 3 heteroatoms. The summed E-state index contributed by atoms with van der Waals surface area (Å²) in [5.74, 6) is 0.718. The first-order valence-corrected chi connectivity index (χ1v) is 7.80. The van der Waals surface area contributed by atoms with Gasteiger partial charge in [-0.1, -0.05) is 20.8 Å². The molecule has 0 aromatic heterocycles. The lowest BCUT2D eigenvalue weighted by Crippen LogP contribution is -2.61. The molecule has 3 nitrogen and oxygen atoms in total. The van der Waals surface area contributed by atoms with Gasteiger partial charge in [0, 0.05) is 25.7 Å². The molecular weight excluding hydrogens is 236 g/mol. The first-order valence-electron chi connectivity index (χ1n) is 7.80. The molecule has 0 aromatic rings.